The van der Waals surface area contributed by atoms with Gasteiger partial charge in [0.05, 0.1) is 12.2 Å². The second kappa shape index (κ2) is 10.0. The fraction of sp³-hybridized carbons (Fsp3) is 1.00. The number of hydrogen-bond acceptors (Lipinski definition) is 2. The first kappa shape index (κ1) is 20.0. The molecular formula is C19H33F3O2. The van der Waals surface area contributed by atoms with E-state index in [0.29, 0.717) is 32.5 Å². The summed E-state index contributed by atoms with van der Waals surface area (Å²) < 4.78 is 54.9. The average Bonchev–Trinajstić information content (AvgIpc) is 2.57. The van der Waals surface area contributed by atoms with Crippen molar-refractivity contribution in [1.29, 1.82) is 0 Å². The van der Waals surface area contributed by atoms with E-state index in [0.717, 1.165) is 32.1 Å². The van der Waals surface area contributed by atoms with Gasteiger partial charge < -0.3 is 9.47 Å². The molecule has 0 aromatic rings. The zero-order chi connectivity index (χ0) is 17.5. The van der Waals surface area contributed by atoms with Crippen molar-refractivity contribution in [3.63, 3.8) is 0 Å². The van der Waals surface area contributed by atoms with E-state index < -0.39 is 36.6 Å². The Bertz CT molecular complexity index is 354. The van der Waals surface area contributed by atoms with Gasteiger partial charge in [-0.3, -0.25) is 0 Å². The van der Waals surface area contributed by atoms with Crippen molar-refractivity contribution >= 4 is 0 Å². The van der Waals surface area contributed by atoms with Crippen LogP contribution in [0.15, 0.2) is 0 Å². The third kappa shape index (κ3) is 4.87. The molecule has 2 aliphatic rings. The van der Waals surface area contributed by atoms with Crippen LogP contribution < -0.4 is 0 Å². The summed E-state index contributed by atoms with van der Waals surface area (Å²) in [5.41, 5.74) is 0. The van der Waals surface area contributed by atoms with Crippen LogP contribution >= 0.6 is 0 Å². The fourth-order valence-corrected chi connectivity index (χ4v) is 4.10. The second-order valence-corrected chi connectivity index (χ2v) is 7.36. The highest BCUT2D eigenvalue weighted by Gasteiger charge is 2.53. The lowest BCUT2D eigenvalue weighted by Crippen LogP contribution is -2.55. The molecule has 2 rings (SSSR count). The second-order valence-electron chi connectivity index (χ2n) is 7.36. The number of halogens is 3. The predicted octanol–water partition coefficient (Wildman–Crippen LogP) is 5.19. The van der Waals surface area contributed by atoms with E-state index in [9.17, 15) is 13.2 Å². The minimum atomic E-state index is -1.78. The maximum Gasteiger partial charge on any atom is 0.157 e. The van der Waals surface area contributed by atoms with Gasteiger partial charge in [0.2, 0.25) is 0 Å². The number of unbranched alkanes of at least 4 members (excludes halogenated alkanes) is 3. The summed E-state index contributed by atoms with van der Waals surface area (Å²) in [5, 5.41) is 0. The maximum absolute atomic E-state index is 14.7. The molecule has 24 heavy (non-hydrogen) atoms. The fourth-order valence-electron chi connectivity index (χ4n) is 4.10. The molecule has 0 saturated heterocycles. The first-order valence-electron chi connectivity index (χ1n) is 9.75. The quantitative estimate of drug-likeness (QED) is 0.533. The van der Waals surface area contributed by atoms with Gasteiger partial charge in [0.1, 0.15) is 12.3 Å². The zero-order valence-electron chi connectivity index (χ0n) is 15.1. The van der Waals surface area contributed by atoms with Crippen LogP contribution in [-0.4, -0.2) is 43.9 Å². The molecule has 2 nitrogen and oxygen atoms in total. The smallest absolute Gasteiger partial charge is 0.157 e. The van der Waals surface area contributed by atoms with Crippen molar-refractivity contribution in [2.45, 2.75) is 95.9 Å². The minimum absolute atomic E-state index is 0.135. The summed E-state index contributed by atoms with van der Waals surface area (Å²) in [6.45, 7) is 5.09. The Kier molecular flexibility index (Phi) is 8.35. The minimum Gasteiger partial charge on any atom is -0.375 e. The summed E-state index contributed by atoms with van der Waals surface area (Å²) >= 11 is 0. The van der Waals surface area contributed by atoms with Gasteiger partial charge in [0.15, 0.2) is 6.17 Å². The van der Waals surface area contributed by atoms with Crippen LogP contribution in [0.4, 0.5) is 13.2 Å². The molecule has 5 heteroatoms. The molecule has 7 unspecified atom stereocenters. The third-order valence-electron chi connectivity index (χ3n) is 5.56. The number of ether oxygens (including phenoxy) is 2. The van der Waals surface area contributed by atoms with E-state index in [4.69, 9.17) is 9.47 Å². The standard InChI is InChI=1S/C19H33F3O2/c1-3-5-7-11-24-15-12-13-8-9-14(23-10-6-4-2)17(20)16(13)19(22)18(15)21/h13-19H,3-12H2,1-2H3. The lowest BCUT2D eigenvalue weighted by Gasteiger charge is -2.46. The van der Waals surface area contributed by atoms with Crippen LogP contribution in [0.2, 0.25) is 0 Å². The summed E-state index contributed by atoms with van der Waals surface area (Å²) in [5.74, 6) is -1.01. The normalized spacial score (nSPS) is 39.6. The third-order valence-corrected chi connectivity index (χ3v) is 5.56. The lowest BCUT2D eigenvalue weighted by molar-refractivity contribution is -0.151. The van der Waals surface area contributed by atoms with Crippen LogP contribution in [0.25, 0.3) is 0 Å². The van der Waals surface area contributed by atoms with Crippen molar-refractivity contribution in [2.24, 2.45) is 11.8 Å². The zero-order valence-corrected chi connectivity index (χ0v) is 15.1. The van der Waals surface area contributed by atoms with Gasteiger partial charge in [-0.1, -0.05) is 33.1 Å². The molecule has 0 amide bonds. The summed E-state index contributed by atoms with van der Waals surface area (Å²) in [6.07, 6.45) is 0.314. The van der Waals surface area contributed by atoms with Gasteiger partial charge in [-0.25, -0.2) is 13.2 Å². The topological polar surface area (TPSA) is 18.5 Å². The van der Waals surface area contributed by atoms with E-state index in [1.807, 2.05) is 6.92 Å². The molecule has 0 spiro atoms. The first-order valence-corrected chi connectivity index (χ1v) is 9.75. The van der Waals surface area contributed by atoms with Crippen LogP contribution in [0.3, 0.4) is 0 Å². The largest absolute Gasteiger partial charge is 0.375 e. The van der Waals surface area contributed by atoms with Crippen molar-refractivity contribution in [3.8, 4) is 0 Å². The van der Waals surface area contributed by atoms with E-state index in [-0.39, 0.29) is 5.92 Å². The average molecular weight is 350 g/mol. The van der Waals surface area contributed by atoms with Gasteiger partial charge in [-0.05, 0) is 38.0 Å². The predicted molar refractivity (Wildman–Crippen MR) is 89.4 cm³/mol. The van der Waals surface area contributed by atoms with Crippen molar-refractivity contribution in [3.05, 3.63) is 0 Å². The number of rotatable bonds is 9. The Balaban J connectivity index is 1.89. The molecule has 2 fully saturated rings. The van der Waals surface area contributed by atoms with Crippen molar-refractivity contribution in [1.82, 2.24) is 0 Å². The monoisotopic (exact) mass is 350 g/mol. The Hall–Kier alpha value is -0.290. The summed E-state index contributed by atoms with van der Waals surface area (Å²) in [7, 11) is 0. The highest BCUT2D eigenvalue weighted by atomic mass is 19.2. The molecule has 0 aromatic heterocycles. The molecule has 0 aliphatic heterocycles. The summed E-state index contributed by atoms with van der Waals surface area (Å²) in [4.78, 5) is 0. The Morgan fingerprint density at radius 2 is 1.42 bits per heavy atom. The molecule has 0 bridgehead atoms. The number of fused-ring (bicyclic) bond motifs is 1. The van der Waals surface area contributed by atoms with Crippen LogP contribution in [-0.2, 0) is 9.47 Å². The SMILES string of the molecule is CCCCCOC1CC2CCC(OCCCC)C(F)C2C(F)C1F. The molecule has 0 heterocycles. The molecular weight excluding hydrogens is 317 g/mol. The first-order chi connectivity index (χ1) is 11.6. The molecule has 0 aromatic carbocycles. The van der Waals surface area contributed by atoms with Crippen LogP contribution in [0.1, 0.15) is 65.2 Å². The Morgan fingerprint density at radius 1 is 0.750 bits per heavy atom. The molecule has 2 aliphatic carbocycles. The molecule has 2 saturated carbocycles. The van der Waals surface area contributed by atoms with Gasteiger partial charge in [0, 0.05) is 19.1 Å². The van der Waals surface area contributed by atoms with Crippen molar-refractivity contribution in [2.75, 3.05) is 13.2 Å². The van der Waals surface area contributed by atoms with Gasteiger partial charge >= 0.3 is 0 Å². The van der Waals surface area contributed by atoms with E-state index >= 15 is 0 Å². The Labute approximate surface area is 144 Å². The molecule has 0 radical (unpaired) electrons. The number of hydrogen-bond donors (Lipinski definition) is 0. The highest BCUT2D eigenvalue weighted by Crippen LogP contribution is 2.46. The van der Waals surface area contributed by atoms with E-state index in [1.165, 1.54) is 0 Å². The molecule has 142 valence electrons. The summed E-state index contributed by atoms with van der Waals surface area (Å²) in [6, 6.07) is 0. The van der Waals surface area contributed by atoms with Gasteiger partial charge in [0.25, 0.3) is 0 Å². The number of alkyl halides is 3. The van der Waals surface area contributed by atoms with E-state index in [1.54, 1.807) is 0 Å². The van der Waals surface area contributed by atoms with Crippen molar-refractivity contribution < 1.29 is 22.6 Å². The highest BCUT2D eigenvalue weighted by molar-refractivity contribution is 5.01. The maximum atomic E-state index is 14.7. The Morgan fingerprint density at radius 3 is 2.12 bits per heavy atom. The van der Waals surface area contributed by atoms with Crippen LogP contribution in [0, 0.1) is 11.8 Å². The van der Waals surface area contributed by atoms with Crippen LogP contribution in [0.5, 0.6) is 0 Å². The van der Waals surface area contributed by atoms with E-state index in [2.05, 4.69) is 6.92 Å². The van der Waals surface area contributed by atoms with Gasteiger partial charge in [-0.15, -0.1) is 0 Å². The molecule has 0 N–H and O–H groups in total. The lowest BCUT2D eigenvalue weighted by atomic mass is 9.66. The molecule has 7 atom stereocenters. The van der Waals surface area contributed by atoms with Gasteiger partial charge in [-0.2, -0.15) is 0 Å².